The van der Waals surface area contributed by atoms with E-state index in [9.17, 15) is 17.6 Å². The SMILES string of the molecule is O=C(CCS(=O)(=O)Cc1ccccc1F)N1CCOCC1. The molecule has 1 aliphatic heterocycles. The molecule has 0 aliphatic carbocycles. The second-order valence-electron chi connectivity index (χ2n) is 4.93. The molecule has 0 saturated carbocycles. The van der Waals surface area contributed by atoms with Crippen LogP contribution in [0.3, 0.4) is 0 Å². The van der Waals surface area contributed by atoms with Crippen LogP contribution in [0.25, 0.3) is 0 Å². The number of hydrogen-bond donors (Lipinski definition) is 0. The fourth-order valence-corrected chi connectivity index (χ4v) is 3.48. The van der Waals surface area contributed by atoms with Crippen LogP contribution in [0.2, 0.25) is 0 Å². The van der Waals surface area contributed by atoms with Gasteiger partial charge in [0, 0.05) is 25.1 Å². The zero-order chi connectivity index (χ0) is 15.3. The monoisotopic (exact) mass is 315 g/mol. The molecule has 1 saturated heterocycles. The van der Waals surface area contributed by atoms with Gasteiger partial charge in [-0.2, -0.15) is 0 Å². The normalized spacial score (nSPS) is 16.0. The van der Waals surface area contributed by atoms with E-state index in [1.807, 2.05) is 0 Å². The lowest BCUT2D eigenvalue weighted by Crippen LogP contribution is -2.41. The van der Waals surface area contributed by atoms with E-state index in [0.29, 0.717) is 26.3 Å². The predicted molar refractivity (Wildman–Crippen MR) is 75.9 cm³/mol. The van der Waals surface area contributed by atoms with Crippen LogP contribution in [0.15, 0.2) is 24.3 Å². The lowest BCUT2D eigenvalue weighted by Gasteiger charge is -2.26. The number of nitrogens with zero attached hydrogens (tertiary/aromatic N) is 1. The van der Waals surface area contributed by atoms with Gasteiger partial charge in [-0.05, 0) is 6.07 Å². The molecule has 0 radical (unpaired) electrons. The molecule has 1 fully saturated rings. The molecule has 1 amide bonds. The number of rotatable bonds is 5. The molecule has 1 aliphatic rings. The average molecular weight is 315 g/mol. The first kappa shape index (κ1) is 15.9. The maximum Gasteiger partial charge on any atom is 0.223 e. The van der Waals surface area contributed by atoms with Crippen LogP contribution in [-0.2, 0) is 25.1 Å². The Kier molecular flexibility index (Phi) is 5.30. The van der Waals surface area contributed by atoms with Crippen molar-refractivity contribution in [2.45, 2.75) is 12.2 Å². The summed E-state index contributed by atoms with van der Waals surface area (Å²) in [6.07, 6.45) is -0.0726. The molecule has 1 aromatic carbocycles. The van der Waals surface area contributed by atoms with Crippen molar-refractivity contribution >= 4 is 15.7 Å². The highest BCUT2D eigenvalue weighted by molar-refractivity contribution is 7.90. The second kappa shape index (κ2) is 7.00. The van der Waals surface area contributed by atoms with E-state index < -0.39 is 15.7 Å². The van der Waals surface area contributed by atoms with Crippen LogP contribution in [-0.4, -0.2) is 51.3 Å². The van der Waals surface area contributed by atoms with E-state index in [-0.39, 0.29) is 29.4 Å². The molecule has 0 spiro atoms. The molecule has 0 atom stereocenters. The quantitative estimate of drug-likeness (QED) is 0.813. The highest BCUT2D eigenvalue weighted by Crippen LogP contribution is 2.12. The Morgan fingerprint density at radius 2 is 1.90 bits per heavy atom. The predicted octanol–water partition coefficient (Wildman–Crippen LogP) is 0.989. The Balaban J connectivity index is 1.89. The van der Waals surface area contributed by atoms with Gasteiger partial charge in [0.1, 0.15) is 5.82 Å². The van der Waals surface area contributed by atoms with Crippen molar-refractivity contribution in [1.82, 2.24) is 4.90 Å². The smallest absolute Gasteiger partial charge is 0.223 e. The van der Waals surface area contributed by atoms with Gasteiger partial charge in [-0.25, -0.2) is 12.8 Å². The molecule has 116 valence electrons. The number of amides is 1. The van der Waals surface area contributed by atoms with E-state index in [2.05, 4.69) is 0 Å². The summed E-state index contributed by atoms with van der Waals surface area (Å²) in [4.78, 5) is 13.5. The van der Waals surface area contributed by atoms with Crippen LogP contribution in [0.4, 0.5) is 4.39 Å². The van der Waals surface area contributed by atoms with Crippen LogP contribution < -0.4 is 0 Å². The summed E-state index contributed by atoms with van der Waals surface area (Å²) in [5, 5.41) is 0. The number of benzene rings is 1. The second-order valence-corrected chi connectivity index (χ2v) is 7.11. The third-order valence-corrected chi connectivity index (χ3v) is 4.90. The van der Waals surface area contributed by atoms with Gasteiger partial charge in [-0.3, -0.25) is 4.79 Å². The number of halogens is 1. The number of hydrogen-bond acceptors (Lipinski definition) is 4. The summed E-state index contributed by atoms with van der Waals surface area (Å²) in [5.41, 5.74) is 0.135. The maximum absolute atomic E-state index is 13.5. The molecule has 1 heterocycles. The standard InChI is InChI=1S/C14H18FNO4S/c15-13-4-2-1-3-12(13)11-21(18,19)10-5-14(17)16-6-8-20-9-7-16/h1-4H,5-11H2. The number of morpholine rings is 1. The summed E-state index contributed by atoms with van der Waals surface area (Å²) < 4.78 is 42.5. The molecule has 0 bridgehead atoms. The summed E-state index contributed by atoms with van der Waals surface area (Å²) in [5.74, 6) is -1.39. The number of carbonyl (C=O) groups is 1. The Labute approximate surface area is 123 Å². The summed E-state index contributed by atoms with van der Waals surface area (Å²) in [7, 11) is -3.51. The molecule has 21 heavy (non-hydrogen) atoms. The first-order chi connectivity index (χ1) is 9.98. The van der Waals surface area contributed by atoms with Crippen molar-refractivity contribution in [3.05, 3.63) is 35.6 Å². The summed E-state index contributed by atoms with van der Waals surface area (Å²) >= 11 is 0. The van der Waals surface area contributed by atoms with Crippen LogP contribution in [0, 0.1) is 5.82 Å². The Hall–Kier alpha value is -1.47. The molecular weight excluding hydrogens is 297 g/mol. The fourth-order valence-electron chi connectivity index (χ4n) is 2.14. The van der Waals surface area contributed by atoms with E-state index >= 15 is 0 Å². The first-order valence-corrected chi connectivity index (χ1v) is 8.59. The maximum atomic E-state index is 13.5. The van der Waals surface area contributed by atoms with Crippen molar-refractivity contribution in [3.8, 4) is 0 Å². The van der Waals surface area contributed by atoms with Crippen LogP contribution in [0.1, 0.15) is 12.0 Å². The van der Waals surface area contributed by atoms with E-state index in [1.165, 1.54) is 18.2 Å². The highest BCUT2D eigenvalue weighted by Gasteiger charge is 2.21. The van der Waals surface area contributed by atoms with Gasteiger partial charge in [0.05, 0.1) is 24.7 Å². The topological polar surface area (TPSA) is 63.7 Å². The number of ether oxygens (including phenoxy) is 1. The minimum absolute atomic E-state index is 0.0726. The van der Waals surface area contributed by atoms with E-state index in [4.69, 9.17) is 4.74 Å². The molecule has 2 rings (SSSR count). The van der Waals surface area contributed by atoms with Crippen molar-refractivity contribution in [2.24, 2.45) is 0 Å². The lowest BCUT2D eigenvalue weighted by molar-refractivity contribution is -0.134. The Morgan fingerprint density at radius 1 is 1.24 bits per heavy atom. The molecule has 0 N–H and O–H groups in total. The first-order valence-electron chi connectivity index (χ1n) is 6.77. The Morgan fingerprint density at radius 3 is 2.57 bits per heavy atom. The van der Waals surface area contributed by atoms with Gasteiger partial charge in [-0.1, -0.05) is 18.2 Å². The average Bonchev–Trinajstić information content (AvgIpc) is 2.48. The van der Waals surface area contributed by atoms with Crippen molar-refractivity contribution in [1.29, 1.82) is 0 Å². The molecule has 0 aromatic heterocycles. The largest absolute Gasteiger partial charge is 0.378 e. The van der Waals surface area contributed by atoms with Gasteiger partial charge in [0.25, 0.3) is 0 Å². The molecule has 0 unspecified atom stereocenters. The third-order valence-electron chi connectivity index (χ3n) is 3.32. The number of carbonyl (C=O) groups excluding carboxylic acids is 1. The zero-order valence-electron chi connectivity index (χ0n) is 11.6. The van der Waals surface area contributed by atoms with Crippen LogP contribution >= 0.6 is 0 Å². The van der Waals surface area contributed by atoms with Crippen molar-refractivity contribution < 1.29 is 22.3 Å². The van der Waals surface area contributed by atoms with Gasteiger partial charge >= 0.3 is 0 Å². The Bertz CT molecular complexity index is 597. The summed E-state index contributed by atoms with van der Waals surface area (Å²) in [6.45, 7) is 1.94. The minimum Gasteiger partial charge on any atom is -0.378 e. The van der Waals surface area contributed by atoms with E-state index in [1.54, 1.807) is 11.0 Å². The van der Waals surface area contributed by atoms with Gasteiger partial charge < -0.3 is 9.64 Å². The van der Waals surface area contributed by atoms with Gasteiger partial charge in [0.2, 0.25) is 5.91 Å². The van der Waals surface area contributed by atoms with Crippen molar-refractivity contribution in [2.75, 3.05) is 32.1 Å². The zero-order valence-corrected chi connectivity index (χ0v) is 12.4. The molecule has 5 nitrogen and oxygen atoms in total. The highest BCUT2D eigenvalue weighted by atomic mass is 32.2. The molecular formula is C14H18FNO4S. The fraction of sp³-hybridized carbons (Fsp3) is 0.500. The molecule has 1 aromatic rings. The van der Waals surface area contributed by atoms with Gasteiger partial charge in [-0.15, -0.1) is 0 Å². The lowest BCUT2D eigenvalue weighted by atomic mass is 10.2. The van der Waals surface area contributed by atoms with Crippen molar-refractivity contribution in [3.63, 3.8) is 0 Å². The van der Waals surface area contributed by atoms with E-state index in [0.717, 1.165) is 0 Å². The van der Waals surface area contributed by atoms with Crippen LogP contribution in [0.5, 0.6) is 0 Å². The summed E-state index contributed by atoms with van der Waals surface area (Å²) in [6, 6.07) is 5.76. The minimum atomic E-state index is -3.51. The third kappa shape index (κ3) is 4.78. The molecule has 7 heteroatoms. The number of sulfone groups is 1. The van der Waals surface area contributed by atoms with Gasteiger partial charge in [0.15, 0.2) is 9.84 Å².